The Morgan fingerprint density at radius 2 is 2.06 bits per heavy atom. The minimum Gasteiger partial charge on any atom is -0.478 e. The standard InChI is InChI=1S/C23H19ClFN3O4S/c24-15-4-3-14(17(25)10-15)9-19(29)27-22-21(23(31)32)16-5-7-28(12-18(16)33-22)20(30)8-13-2-1-6-26-11-13/h1-4,6,10-11H,5,7-9,12H2,(H,27,29)(H,31,32). The Morgan fingerprint density at radius 1 is 1.24 bits per heavy atom. The Balaban J connectivity index is 1.50. The van der Waals surface area contributed by atoms with Gasteiger partial charge in [-0.15, -0.1) is 11.3 Å². The summed E-state index contributed by atoms with van der Waals surface area (Å²) in [6, 6.07) is 7.61. The van der Waals surface area contributed by atoms with Crippen molar-refractivity contribution in [2.45, 2.75) is 25.8 Å². The fourth-order valence-electron chi connectivity index (χ4n) is 3.73. The van der Waals surface area contributed by atoms with Crippen molar-refractivity contribution < 1.29 is 23.9 Å². The first kappa shape index (κ1) is 22.9. The first-order valence-corrected chi connectivity index (χ1v) is 11.3. The van der Waals surface area contributed by atoms with E-state index < -0.39 is 17.7 Å². The SMILES string of the molecule is O=C(Cc1ccc(Cl)cc1F)Nc1sc2c(c1C(=O)O)CCN(C(=O)Cc1cccnc1)C2. The van der Waals surface area contributed by atoms with Crippen molar-refractivity contribution in [3.8, 4) is 0 Å². The van der Waals surface area contributed by atoms with Crippen LogP contribution in [-0.2, 0) is 35.4 Å². The average molecular weight is 488 g/mol. The van der Waals surface area contributed by atoms with Crippen LogP contribution in [0.5, 0.6) is 0 Å². The predicted molar refractivity (Wildman–Crippen MR) is 122 cm³/mol. The van der Waals surface area contributed by atoms with Crippen LogP contribution in [0, 0.1) is 5.82 Å². The number of hydrogen-bond acceptors (Lipinski definition) is 5. The van der Waals surface area contributed by atoms with E-state index in [4.69, 9.17) is 11.6 Å². The number of anilines is 1. The number of carboxylic acid groups (broad SMARTS) is 1. The van der Waals surface area contributed by atoms with Crippen molar-refractivity contribution in [1.82, 2.24) is 9.88 Å². The van der Waals surface area contributed by atoms with Gasteiger partial charge in [-0.3, -0.25) is 14.6 Å². The van der Waals surface area contributed by atoms with Crippen LogP contribution in [0.15, 0.2) is 42.7 Å². The van der Waals surface area contributed by atoms with Gasteiger partial charge in [-0.1, -0.05) is 23.7 Å². The molecule has 0 bridgehead atoms. The first-order chi connectivity index (χ1) is 15.8. The van der Waals surface area contributed by atoms with Gasteiger partial charge in [0.1, 0.15) is 10.8 Å². The predicted octanol–water partition coefficient (Wildman–Crippen LogP) is 3.94. The molecule has 0 fully saturated rings. The number of aromatic carboxylic acids is 1. The van der Waals surface area contributed by atoms with Crippen molar-refractivity contribution in [3.63, 3.8) is 0 Å². The van der Waals surface area contributed by atoms with Crippen molar-refractivity contribution in [2.24, 2.45) is 0 Å². The molecule has 3 aromatic rings. The Kier molecular flexibility index (Phi) is 6.71. The molecule has 1 aliphatic heterocycles. The Morgan fingerprint density at radius 3 is 2.76 bits per heavy atom. The lowest BCUT2D eigenvalue weighted by atomic mass is 10.0. The minimum absolute atomic E-state index is 0.0271. The van der Waals surface area contributed by atoms with E-state index in [1.165, 1.54) is 12.1 Å². The van der Waals surface area contributed by atoms with Crippen molar-refractivity contribution in [2.75, 3.05) is 11.9 Å². The molecule has 0 spiro atoms. The zero-order chi connectivity index (χ0) is 23.5. The monoisotopic (exact) mass is 487 g/mol. The molecule has 1 aliphatic rings. The number of amides is 2. The van der Waals surface area contributed by atoms with E-state index in [1.807, 2.05) is 6.07 Å². The Labute approximate surface area is 197 Å². The van der Waals surface area contributed by atoms with Crippen LogP contribution in [0.2, 0.25) is 5.02 Å². The molecule has 170 valence electrons. The van der Waals surface area contributed by atoms with Crippen LogP contribution < -0.4 is 5.32 Å². The maximum atomic E-state index is 14.0. The van der Waals surface area contributed by atoms with Gasteiger partial charge in [-0.2, -0.15) is 0 Å². The van der Waals surface area contributed by atoms with E-state index in [0.29, 0.717) is 23.4 Å². The summed E-state index contributed by atoms with van der Waals surface area (Å²) >= 11 is 6.87. The summed E-state index contributed by atoms with van der Waals surface area (Å²) in [7, 11) is 0. The quantitative estimate of drug-likeness (QED) is 0.548. The number of rotatable bonds is 6. The van der Waals surface area contributed by atoms with Gasteiger partial charge >= 0.3 is 5.97 Å². The van der Waals surface area contributed by atoms with E-state index in [9.17, 15) is 23.9 Å². The largest absolute Gasteiger partial charge is 0.478 e. The highest BCUT2D eigenvalue weighted by Crippen LogP contribution is 2.37. The summed E-state index contributed by atoms with van der Waals surface area (Å²) in [5.41, 5.74) is 1.60. The number of aromatic nitrogens is 1. The number of hydrogen-bond donors (Lipinski definition) is 2. The topological polar surface area (TPSA) is 99.6 Å². The highest BCUT2D eigenvalue weighted by molar-refractivity contribution is 7.17. The minimum atomic E-state index is -1.16. The number of halogens is 2. The lowest BCUT2D eigenvalue weighted by molar-refractivity contribution is -0.131. The zero-order valence-corrected chi connectivity index (χ0v) is 18.9. The van der Waals surface area contributed by atoms with E-state index in [0.717, 1.165) is 23.0 Å². The Bertz CT molecular complexity index is 1230. The van der Waals surface area contributed by atoms with Gasteiger partial charge in [0.05, 0.1) is 24.9 Å². The van der Waals surface area contributed by atoms with Gasteiger partial charge < -0.3 is 15.3 Å². The number of nitrogens with one attached hydrogen (secondary N) is 1. The molecule has 0 aliphatic carbocycles. The molecule has 4 rings (SSSR count). The summed E-state index contributed by atoms with van der Waals surface area (Å²) in [5.74, 6) is -2.38. The molecule has 0 saturated heterocycles. The van der Waals surface area contributed by atoms with E-state index >= 15 is 0 Å². The van der Waals surface area contributed by atoms with Gasteiger partial charge in [-0.25, -0.2) is 9.18 Å². The normalized spacial score (nSPS) is 12.8. The van der Waals surface area contributed by atoms with Crippen molar-refractivity contribution in [3.05, 3.63) is 80.7 Å². The summed E-state index contributed by atoms with van der Waals surface area (Å²) < 4.78 is 14.0. The number of carbonyl (C=O) groups is 3. The third-order valence-electron chi connectivity index (χ3n) is 5.32. The smallest absolute Gasteiger partial charge is 0.339 e. The molecule has 0 saturated carbocycles. The number of thiophene rings is 1. The zero-order valence-electron chi connectivity index (χ0n) is 17.3. The van der Waals surface area contributed by atoms with Crippen LogP contribution in [-0.4, -0.2) is 39.3 Å². The summed E-state index contributed by atoms with van der Waals surface area (Å²) in [6.45, 7) is 0.646. The maximum Gasteiger partial charge on any atom is 0.339 e. The molecular weight excluding hydrogens is 469 g/mol. The summed E-state index contributed by atoms with van der Waals surface area (Å²) in [4.78, 5) is 43.6. The maximum absolute atomic E-state index is 14.0. The van der Waals surface area contributed by atoms with Gasteiger partial charge in [-0.05, 0) is 41.3 Å². The van der Waals surface area contributed by atoms with E-state index in [-0.39, 0.29) is 46.4 Å². The van der Waals surface area contributed by atoms with Gasteiger partial charge in [0.2, 0.25) is 11.8 Å². The molecule has 2 amide bonds. The second kappa shape index (κ2) is 9.68. The van der Waals surface area contributed by atoms with Crippen LogP contribution in [0.3, 0.4) is 0 Å². The third-order valence-corrected chi connectivity index (χ3v) is 6.69. The lowest BCUT2D eigenvalue weighted by Gasteiger charge is -2.27. The van der Waals surface area contributed by atoms with E-state index in [1.54, 1.807) is 23.4 Å². The third kappa shape index (κ3) is 5.20. The fraction of sp³-hybridized carbons (Fsp3) is 0.217. The van der Waals surface area contributed by atoms with Crippen LogP contribution in [0.1, 0.15) is 31.9 Å². The number of benzene rings is 1. The highest BCUT2D eigenvalue weighted by atomic mass is 35.5. The lowest BCUT2D eigenvalue weighted by Crippen LogP contribution is -2.36. The average Bonchev–Trinajstić information content (AvgIpc) is 3.13. The molecule has 10 heteroatoms. The number of carbonyl (C=O) groups excluding carboxylic acids is 2. The van der Waals surface area contributed by atoms with E-state index in [2.05, 4.69) is 10.3 Å². The van der Waals surface area contributed by atoms with Crippen LogP contribution in [0.25, 0.3) is 0 Å². The number of fused-ring (bicyclic) bond motifs is 1. The number of pyridine rings is 1. The molecule has 2 N–H and O–H groups in total. The summed E-state index contributed by atoms with van der Waals surface area (Å²) in [6.07, 6.45) is 3.58. The van der Waals surface area contributed by atoms with Crippen molar-refractivity contribution >= 4 is 45.7 Å². The molecule has 0 unspecified atom stereocenters. The van der Waals surface area contributed by atoms with Crippen LogP contribution in [0.4, 0.5) is 9.39 Å². The second-order valence-electron chi connectivity index (χ2n) is 7.58. The van der Waals surface area contributed by atoms with Gasteiger partial charge in [0, 0.05) is 28.8 Å². The number of nitrogens with zero attached hydrogens (tertiary/aromatic N) is 2. The Hall–Kier alpha value is -3.30. The van der Waals surface area contributed by atoms with Gasteiger partial charge in [0.15, 0.2) is 0 Å². The van der Waals surface area contributed by atoms with Gasteiger partial charge in [0.25, 0.3) is 0 Å². The number of carboxylic acids is 1. The molecule has 2 aromatic heterocycles. The van der Waals surface area contributed by atoms with Crippen molar-refractivity contribution in [1.29, 1.82) is 0 Å². The highest BCUT2D eigenvalue weighted by Gasteiger charge is 2.30. The fourth-order valence-corrected chi connectivity index (χ4v) is 5.16. The molecule has 33 heavy (non-hydrogen) atoms. The second-order valence-corrected chi connectivity index (χ2v) is 9.12. The molecule has 3 heterocycles. The molecule has 7 nitrogen and oxygen atoms in total. The molecule has 0 radical (unpaired) electrons. The summed E-state index contributed by atoms with van der Waals surface area (Å²) in [5, 5.41) is 12.8. The van der Waals surface area contributed by atoms with Crippen LogP contribution >= 0.6 is 22.9 Å². The molecular formula is C23H19ClFN3O4S. The first-order valence-electron chi connectivity index (χ1n) is 10.1. The molecule has 0 atom stereocenters. The molecule has 1 aromatic carbocycles.